The van der Waals surface area contributed by atoms with Gasteiger partial charge in [0.1, 0.15) is 0 Å². The molecule has 0 aliphatic rings. The van der Waals surface area contributed by atoms with E-state index in [0.717, 1.165) is 0 Å². The van der Waals surface area contributed by atoms with Gasteiger partial charge in [0.25, 0.3) is 0 Å². The average Bonchev–Trinajstić information content (AvgIpc) is 1.50. The molecule has 0 fully saturated rings. The molecule has 0 unspecified atom stereocenters. The minimum absolute atomic E-state index is 0.438. The second-order valence-corrected chi connectivity index (χ2v) is 0. The Hall–Kier alpha value is 1.34. The van der Waals surface area contributed by atoms with Crippen LogP contribution < -0.4 is 0 Å². The van der Waals surface area contributed by atoms with Crippen LogP contribution in [0.2, 0.25) is 0 Å². The van der Waals surface area contributed by atoms with Crippen molar-refractivity contribution in [3.8, 4) is 0 Å². The molecule has 0 aromatic carbocycles. The van der Waals surface area contributed by atoms with E-state index < -0.39 is 0 Å². The third kappa shape index (κ3) is 10.2. The molecule has 0 rings (SSSR count). The van der Waals surface area contributed by atoms with Crippen LogP contribution in [0.25, 0.3) is 0 Å². The molecule has 0 aromatic heterocycles. The number of hydrogen-bond donors (Lipinski definition) is 0. The molecule has 4 heteroatoms. The summed E-state index contributed by atoms with van der Waals surface area (Å²) in [6.07, 6.45) is 0. The maximum absolute atomic E-state index is 8.31. The molecular weight excluding hydrogens is 122 g/mol. The standard InChI is InChI=1S/2O.2Sc. The maximum atomic E-state index is 8.31. The third-order valence-electron chi connectivity index (χ3n) is 0. The minimum atomic E-state index is 0.438. The van der Waals surface area contributed by atoms with Crippen molar-refractivity contribution in [1.29, 1.82) is 0 Å². The van der Waals surface area contributed by atoms with E-state index in [1.54, 1.807) is 0 Å². The first-order valence-electron chi connectivity index (χ1n) is 0.471. The third-order valence-corrected chi connectivity index (χ3v) is 0. The summed E-state index contributed by atoms with van der Waals surface area (Å²) in [7, 11) is 0. The molecule has 0 aliphatic carbocycles. The van der Waals surface area contributed by atoms with Gasteiger partial charge in [0.2, 0.25) is 0 Å². The predicted molar refractivity (Wildman–Crippen MR) is 1.37 cm³/mol. The Morgan fingerprint density at radius 2 is 0.750 bits per heavy atom. The second-order valence-electron chi connectivity index (χ2n) is 0. The van der Waals surface area contributed by atoms with Gasteiger partial charge in [-0.2, -0.15) is 0 Å². The van der Waals surface area contributed by atoms with Crippen molar-refractivity contribution in [2.24, 2.45) is 0 Å². The van der Waals surface area contributed by atoms with E-state index in [9.17, 15) is 0 Å². The zero-order chi connectivity index (χ0) is 4.00. The van der Waals surface area contributed by atoms with Gasteiger partial charge in [-0.05, 0) is 0 Å². The summed E-state index contributed by atoms with van der Waals surface area (Å²) in [5.74, 6) is 0. The quantitative estimate of drug-likeness (QED) is 0.444. The molecule has 0 spiro atoms. The van der Waals surface area contributed by atoms with E-state index in [1.807, 2.05) is 0 Å². The van der Waals surface area contributed by atoms with E-state index in [1.165, 1.54) is 0 Å². The molecular formula is O2Sc2. The zero-order valence-corrected chi connectivity index (χ0v) is 5.58. The fourth-order valence-electron chi connectivity index (χ4n) is 0. The van der Waals surface area contributed by atoms with Gasteiger partial charge in [-0.25, -0.2) is 0 Å². The van der Waals surface area contributed by atoms with Gasteiger partial charge in [0.05, 0.1) is 0 Å². The zero-order valence-electron chi connectivity index (χ0n) is 1.97. The Labute approximate surface area is 54.0 Å². The van der Waals surface area contributed by atoms with Crippen LogP contribution in [0.15, 0.2) is 0 Å². The molecule has 0 bridgehead atoms. The van der Waals surface area contributed by atoms with Crippen LogP contribution in [0.5, 0.6) is 0 Å². The van der Waals surface area contributed by atoms with Crippen LogP contribution >= 0.6 is 0 Å². The summed E-state index contributed by atoms with van der Waals surface area (Å²) >= 11 is 0.875. The van der Waals surface area contributed by atoms with Gasteiger partial charge >= 0.3 is 54.5 Å². The topological polar surface area (TPSA) is 34.1 Å². The molecule has 18 valence electrons. The summed E-state index contributed by atoms with van der Waals surface area (Å²) in [5, 5.41) is 0. The van der Waals surface area contributed by atoms with Crippen LogP contribution in [0.1, 0.15) is 0 Å². The fourth-order valence-corrected chi connectivity index (χ4v) is 0. The first-order chi connectivity index (χ1) is 2.00. The average molecular weight is 122 g/mol. The summed E-state index contributed by atoms with van der Waals surface area (Å²) < 4.78 is 16.6. The summed E-state index contributed by atoms with van der Waals surface area (Å²) in [4.78, 5) is 0. The SMILES string of the molecule is [O]=[Sc].[O]=[Sc]. The fraction of sp³-hybridized carbons (Fsp3) is 0. The van der Waals surface area contributed by atoms with Crippen LogP contribution in [0.4, 0.5) is 0 Å². The molecule has 0 amide bonds. The normalized spacial score (nSPS) is 3.00. The molecule has 0 saturated heterocycles. The summed E-state index contributed by atoms with van der Waals surface area (Å²) in [6.45, 7) is 0. The van der Waals surface area contributed by atoms with E-state index in [-0.39, 0.29) is 0 Å². The van der Waals surface area contributed by atoms with Crippen LogP contribution in [0.3, 0.4) is 0 Å². The Bertz CT molecular complexity index is 6.00. The first kappa shape index (κ1) is 9.02. The van der Waals surface area contributed by atoms with Gasteiger partial charge in [0.15, 0.2) is 0 Å². The summed E-state index contributed by atoms with van der Waals surface area (Å²) in [5.41, 5.74) is 0. The van der Waals surface area contributed by atoms with E-state index in [2.05, 4.69) is 0 Å². The predicted octanol–water partition coefficient (Wildman–Crippen LogP) is -0.243. The van der Waals surface area contributed by atoms with Crippen molar-refractivity contribution in [3.63, 3.8) is 0 Å². The van der Waals surface area contributed by atoms with E-state index >= 15 is 0 Å². The Morgan fingerprint density at radius 3 is 0.750 bits per heavy atom. The van der Waals surface area contributed by atoms with Gasteiger partial charge < -0.3 is 0 Å². The summed E-state index contributed by atoms with van der Waals surface area (Å²) in [6, 6.07) is 0. The number of rotatable bonds is 0. The van der Waals surface area contributed by atoms with Crippen molar-refractivity contribution in [1.82, 2.24) is 0 Å². The Kier molecular flexibility index (Phi) is 60.8. The second kappa shape index (κ2) is 27.0. The van der Waals surface area contributed by atoms with Crippen molar-refractivity contribution < 1.29 is 54.5 Å². The molecule has 0 radical (unpaired) electrons. The molecule has 0 saturated carbocycles. The molecule has 0 N–H and O–H groups in total. The molecule has 0 heterocycles. The van der Waals surface area contributed by atoms with Crippen molar-refractivity contribution >= 4 is 0 Å². The molecule has 4 heavy (non-hydrogen) atoms. The monoisotopic (exact) mass is 122 g/mol. The van der Waals surface area contributed by atoms with Crippen LogP contribution in [-0.2, 0) is 54.5 Å². The van der Waals surface area contributed by atoms with Gasteiger partial charge in [-0.3, -0.25) is 0 Å². The number of hydrogen-bond acceptors (Lipinski definition) is 2. The van der Waals surface area contributed by atoms with Gasteiger partial charge in [-0.15, -0.1) is 0 Å². The van der Waals surface area contributed by atoms with Crippen molar-refractivity contribution in [2.45, 2.75) is 0 Å². The molecule has 2 nitrogen and oxygen atoms in total. The van der Waals surface area contributed by atoms with Gasteiger partial charge in [-0.1, -0.05) is 0 Å². The molecule has 0 atom stereocenters. The van der Waals surface area contributed by atoms with E-state index in [0.29, 0.717) is 48.8 Å². The Morgan fingerprint density at radius 1 is 0.750 bits per heavy atom. The molecule has 0 aromatic rings. The van der Waals surface area contributed by atoms with E-state index in [4.69, 9.17) is 5.71 Å². The van der Waals surface area contributed by atoms with Crippen molar-refractivity contribution in [3.05, 3.63) is 0 Å². The molecule has 0 aliphatic heterocycles. The van der Waals surface area contributed by atoms with Crippen molar-refractivity contribution in [2.75, 3.05) is 0 Å². The Balaban J connectivity index is 0. The van der Waals surface area contributed by atoms with Gasteiger partial charge in [0, 0.05) is 0 Å². The first-order valence-corrected chi connectivity index (χ1v) is 1.94. The van der Waals surface area contributed by atoms with Crippen LogP contribution in [0, 0.1) is 0 Å². The van der Waals surface area contributed by atoms with Crippen LogP contribution in [-0.4, -0.2) is 0 Å².